The van der Waals surface area contributed by atoms with E-state index in [2.05, 4.69) is 72.8 Å². The van der Waals surface area contributed by atoms with Crippen LogP contribution in [0.4, 0.5) is 105 Å². The Labute approximate surface area is 467 Å². The minimum absolute atomic E-state index is 0.152. The molecule has 0 saturated heterocycles. The molecule has 0 fully saturated rings. The summed E-state index contributed by atoms with van der Waals surface area (Å²) < 4.78 is 341. The minimum Gasteiger partial charge on any atom is -0.289 e. The molecule has 27 heteroatoms. The van der Waals surface area contributed by atoms with Crippen molar-refractivity contribution in [3.8, 4) is 0 Å². The Bertz CT molecular complexity index is 3190. The van der Waals surface area contributed by atoms with Crippen LogP contribution in [0.2, 0.25) is 0 Å². The predicted octanol–water partition coefficient (Wildman–Crippen LogP) is 17.2. The van der Waals surface area contributed by atoms with Gasteiger partial charge in [0.15, 0.2) is 16.3 Å². The van der Waals surface area contributed by atoms with Gasteiger partial charge in [0.2, 0.25) is 5.78 Å². The molecule has 0 spiro atoms. The van der Waals surface area contributed by atoms with Crippen molar-refractivity contribution in [3.63, 3.8) is 0 Å². The first-order valence-electron chi connectivity index (χ1n) is 24.2. The Morgan fingerprint density at radius 1 is 0.329 bits per heavy atom. The highest BCUT2D eigenvalue weighted by molar-refractivity contribution is 7.98. The van der Waals surface area contributed by atoms with Crippen LogP contribution in [-0.4, -0.2) is 17.7 Å². The van der Waals surface area contributed by atoms with Gasteiger partial charge in [0.25, 0.3) is 0 Å². The van der Waals surface area contributed by atoms with Crippen LogP contribution in [0.15, 0.2) is 164 Å². The molecule has 0 heterocycles. The van der Waals surface area contributed by atoms with Gasteiger partial charge in [0.05, 0.1) is 44.5 Å². The molecule has 9 rings (SSSR count). The number of fused-ring (bicyclic) bond motifs is 2. The molecule has 0 aliphatic heterocycles. The molecule has 0 saturated carbocycles. The number of halogens is 24. The Kier molecular flexibility index (Phi) is 16.7. The summed E-state index contributed by atoms with van der Waals surface area (Å²) in [6, 6.07) is 18.1. The molecular formula is C58H33BF24OS. The molecule has 448 valence electrons. The standard InChI is InChI=1S/C32H12BF24.C26H21OS/c34-25(35,36)13-1-14(26(37,38)39)6-21(5-13)33(22-7-15(27(40,41)42)2-16(8-22)28(43,44)45,23-9-17(29(46,47)48)3-18(10-23)30(49,50)51)24-11-19(31(52,53)54)4-20(12-24)32(55,56)57;27-24(21-10-2-1-3-11-21)18-28(25-16-14-19-8-4-6-12-22(19)25)26-17-15-20-9-5-7-13-23(20)26/h1-12H;1-17,25-26H,18H2/q-1;+1. The number of rotatable bonds is 9. The highest BCUT2D eigenvalue weighted by atomic mass is 32.2. The molecule has 0 bridgehead atoms. The van der Waals surface area contributed by atoms with Crippen molar-refractivity contribution in [3.05, 3.63) is 236 Å². The van der Waals surface area contributed by atoms with Gasteiger partial charge in [-0.25, -0.2) is 0 Å². The summed E-state index contributed by atoms with van der Waals surface area (Å²) in [6.07, 6.45) is -45.8. The van der Waals surface area contributed by atoms with E-state index in [1.807, 2.05) is 30.3 Å². The number of benzene rings is 7. The van der Waals surface area contributed by atoms with Gasteiger partial charge in [-0.2, -0.15) is 127 Å². The van der Waals surface area contributed by atoms with Gasteiger partial charge in [-0.1, -0.05) is 140 Å². The number of hydrogen-bond donors (Lipinski definition) is 0. The van der Waals surface area contributed by atoms with Gasteiger partial charge in [0, 0.05) is 27.6 Å². The molecule has 0 aromatic heterocycles. The first-order chi connectivity index (χ1) is 39.1. The Morgan fingerprint density at radius 3 is 0.812 bits per heavy atom. The highest BCUT2D eigenvalue weighted by Gasteiger charge is 2.48. The summed E-state index contributed by atoms with van der Waals surface area (Å²) in [4.78, 5) is 13.2. The van der Waals surface area contributed by atoms with Crippen LogP contribution in [0, 0.1) is 0 Å². The number of alkyl halides is 24. The summed E-state index contributed by atoms with van der Waals surface area (Å²) in [5.41, 5.74) is -24.1. The third-order valence-electron chi connectivity index (χ3n) is 14.0. The van der Waals surface area contributed by atoms with E-state index in [0.717, 1.165) is 5.56 Å². The van der Waals surface area contributed by atoms with E-state index in [1.54, 1.807) is 0 Å². The lowest BCUT2D eigenvalue weighted by Crippen LogP contribution is -2.75. The summed E-state index contributed by atoms with van der Waals surface area (Å²) in [5, 5.41) is 0.564. The molecular weight excluding hydrogens is 1210 g/mol. The molecule has 0 N–H and O–H groups in total. The van der Waals surface area contributed by atoms with Crippen molar-refractivity contribution >= 4 is 56.8 Å². The molecule has 0 radical (unpaired) electrons. The summed E-state index contributed by atoms with van der Waals surface area (Å²) in [7, 11) is -0.152. The lowest BCUT2D eigenvalue weighted by Gasteiger charge is -2.46. The molecule has 7 aromatic carbocycles. The quantitative estimate of drug-likeness (QED) is 0.0609. The fourth-order valence-electron chi connectivity index (χ4n) is 10.2. The maximum Gasteiger partial charge on any atom is 0.416 e. The smallest absolute Gasteiger partial charge is 0.289 e. The minimum atomic E-state index is -6.13. The van der Waals surface area contributed by atoms with Gasteiger partial charge >= 0.3 is 49.4 Å². The van der Waals surface area contributed by atoms with Crippen molar-refractivity contribution in [2.45, 2.75) is 59.9 Å². The number of hydrogen-bond acceptors (Lipinski definition) is 1. The Morgan fingerprint density at radius 2 is 0.565 bits per heavy atom. The van der Waals surface area contributed by atoms with Crippen LogP contribution in [0.5, 0.6) is 0 Å². The molecule has 2 aliphatic rings. The van der Waals surface area contributed by atoms with Crippen LogP contribution in [0.3, 0.4) is 0 Å². The fourth-order valence-corrected chi connectivity index (χ4v) is 13.0. The van der Waals surface area contributed by atoms with E-state index < -0.39 is 195 Å². The first kappa shape index (κ1) is 63.4. The molecule has 7 aromatic rings. The Hall–Kier alpha value is -7.58. The average molecular weight is 1240 g/mol. The maximum atomic E-state index is 14.2. The molecule has 85 heavy (non-hydrogen) atoms. The average Bonchev–Trinajstić information content (AvgIpc) is 2.75. The molecule has 2 aliphatic carbocycles. The van der Waals surface area contributed by atoms with Gasteiger partial charge in [-0.3, -0.25) is 4.79 Å². The lowest BCUT2D eigenvalue weighted by atomic mass is 9.12. The number of carbonyl (C=O) groups is 1. The van der Waals surface area contributed by atoms with Crippen LogP contribution in [0.1, 0.15) is 87.6 Å². The van der Waals surface area contributed by atoms with Crippen molar-refractivity contribution in [1.82, 2.24) is 0 Å². The van der Waals surface area contributed by atoms with Crippen molar-refractivity contribution in [1.29, 1.82) is 0 Å². The van der Waals surface area contributed by atoms with E-state index in [1.165, 1.54) is 22.3 Å². The van der Waals surface area contributed by atoms with E-state index in [-0.39, 0.29) is 27.2 Å². The SMILES string of the molecule is FC(F)(F)c1cc([B-](c2cc(C(F)(F)F)cc(C(F)(F)F)c2)(c2cc(C(F)(F)F)cc(C(F)(F)F)c2)c2cc(C(F)(F)F)cc(C(F)(F)F)c2)cc(C(F)(F)F)c1.O=C(C[S+](C1C=Cc2ccccc21)C1C=Cc2ccccc21)c1ccccc1. The predicted molar refractivity (Wildman–Crippen MR) is 270 cm³/mol. The van der Waals surface area contributed by atoms with E-state index >= 15 is 0 Å². The zero-order chi connectivity index (χ0) is 62.8. The molecule has 1 nitrogen and oxygen atoms in total. The van der Waals surface area contributed by atoms with Crippen LogP contribution in [0.25, 0.3) is 12.2 Å². The third-order valence-corrected chi connectivity index (χ3v) is 16.7. The number of Topliss-reactive ketones (excluding diaryl/α,β-unsaturated/α-hetero) is 1. The second kappa shape index (κ2) is 22.4. The first-order valence-corrected chi connectivity index (χ1v) is 25.8. The summed E-state index contributed by atoms with van der Waals surface area (Å²) >= 11 is 0. The largest absolute Gasteiger partial charge is 0.416 e. The van der Waals surface area contributed by atoms with E-state index in [4.69, 9.17) is 0 Å². The second-order valence-corrected chi connectivity index (χ2v) is 21.7. The highest BCUT2D eigenvalue weighted by Crippen LogP contribution is 2.47. The van der Waals surface area contributed by atoms with E-state index in [9.17, 15) is 110 Å². The topological polar surface area (TPSA) is 17.1 Å². The fraction of sp³-hybridized carbons (Fsp3) is 0.190. The zero-order valence-electron chi connectivity index (χ0n) is 42.1. The van der Waals surface area contributed by atoms with Crippen molar-refractivity contribution < 1.29 is 110 Å². The molecule has 2 atom stereocenters. The summed E-state index contributed by atoms with van der Waals surface area (Å²) in [5.74, 6) is 0.802. The van der Waals surface area contributed by atoms with Gasteiger partial charge in [-0.05, 0) is 47.5 Å². The second-order valence-electron chi connectivity index (χ2n) is 19.4. The van der Waals surface area contributed by atoms with Crippen molar-refractivity contribution in [2.24, 2.45) is 0 Å². The van der Waals surface area contributed by atoms with Gasteiger partial charge in [-0.15, -0.1) is 0 Å². The van der Waals surface area contributed by atoms with Gasteiger partial charge < -0.3 is 0 Å². The Balaban J connectivity index is 0.000000276. The monoisotopic (exact) mass is 1240 g/mol. The van der Waals surface area contributed by atoms with Crippen LogP contribution >= 0.6 is 0 Å². The normalized spacial score (nSPS) is 16.2. The third kappa shape index (κ3) is 13.6. The van der Waals surface area contributed by atoms with Crippen LogP contribution < -0.4 is 21.9 Å². The number of ketones is 1. The van der Waals surface area contributed by atoms with E-state index in [0.29, 0.717) is 5.75 Å². The van der Waals surface area contributed by atoms with Gasteiger partial charge in [0.1, 0.15) is 6.15 Å². The van der Waals surface area contributed by atoms with Crippen LogP contribution in [-0.2, 0) is 60.3 Å². The molecule has 2 unspecified atom stereocenters. The lowest BCUT2D eigenvalue weighted by molar-refractivity contribution is -0.144. The maximum absolute atomic E-state index is 14.2. The summed E-state index contributed by atoms with van der Waals surface area (Å²) in [6.45, 7) is 0. The molecule has 0 amide bonds. The zero-order valence-corrected chi connectivity index (χ0v) is 42.9. The number of carbonyl (C=O) groups excluding carboxylic acids is 1. The van der Waals surface area contributed by atoms with Crippen molar-refractivity contribution in [2.75, 3.05) is 5.75 Å².